The number of likely N-dealkylation sites (tertiary alicyclic amines) is 1. The number of carbonyl (C=O) groups is 1. The topological polar surface area (TPSA) is 46.3 Å². The Labute approximate surface area is 96.2 Å². The van der Waals surface area contributed by atoms with E-state index >= 15 is 0 Å². The first kappa shape index (κ1) is 11.1. The summed E-state index contributed by atoms with van der Waals surface area (Å²) in [6.07, 6.45) is 0.482. The average Bonchev–Trinajstić information content (AvgIpc) is 2.58. The van der Waals surface area contributed by atoms with E-state index in [9.17, 15) is 4.79 Å². The monoisotopic (exact) mass is 218 g/mol. The molecule has 3 nitrogen and oxygen atoms in total. The fourth-order valence-electron chi connectivity index (χ4n) is 2.16. The lowest BCUT2D eigenvalue weighted by atomic mass is 10.1. The molecule has 1 saturated heterocycles. The van der Waals surface area contributed by atoms with E-state index in [1.54, 1.807) is 0 Å². The van der Waals surface area contributed by atoms with Gasteiger partial charge in [-0.15, -0.1) is 0 Å². The van der Waals surface area contributed by atoms with E-state index in [-0.39, 0.29) is 18.0 Å². The highest BCUT2D eigenvalue weighted by Gasteiger charge is 2.30. The van der Waals surface area contributed by atoms with Crippen molar-refractivity contribution < 1.29 is 4.79 Å². The quantitative estimate of drug-likeness (QED) is 0.819. The van der Waals surface area contributed by atoms with Crippen molar-refractivity contribution in [3.63, 3.8) is 0 Å². The molecule has 2 atom stereocenters. The first-order valence-electron chi connectivity index (χ1n) is 5.69. The van der Waals surface area contributed by atoms with E-state index in [1.807, 2.05) is 4.90 Å². The maximum atomic E-state index is 11.7. The van der Waals surface area contributed by atoms with Crippen LogP contribution in [0.1, 0.15) is 30.5 Å². The van der Waals surface area contributed by atoms with Crippen LogP contribution in [0.3, 0.4) is 0 Å². The number of hydrogen-bond donors (Lipinski definition) is 1. The van der Waals surface area contributed by atoms with Crippen molar-refractivity contribution in [2.45, 2.75) is 32.4 Å². The number of carbonyl (C=O) groups excluding carboxylic acids is 1. The number of hydrogen-bond acceptors (Lipinski definition) is 2. The predicted molar refractivity (Wildman–Crippen MR) is 63.9 cm³/mol. The third kappa shape index (κ3) is 2.09. The van der Waals surface area contributed by atoms with Crippen LogP contribution in [0.4, 0.5) is 0 Å². The van der Waals surface area contributed by atoms with Gasteiger partial charge in [0.1, 0.15) is 0 Å². The van der Waals surface area contributed by atoms with Crippen LogP contribution in [0.25, 0.3) is 0 Å². The second-order valence-electron chi connectivity index (χ2n) is 4.60. The van der Waals surface area contributed by atoms with E-state index < -0.39 is 0 Å². The molecule has 1 fully saturated rings. The molecule has 1 heterocycles. The third-order valence-corrected chi connectivity index (χ3v) is 3.22. The summed E-state index contributed by atoms with van der Waals surface area (Å²) in [5.74, 6) is 0.167. The van der Waals surface area contributed by atoms with Crippen LogP contribution in [-0.2, 0) is 4.79 Å². The van der Waals surface area contributed by atoms with Gasteiger partial charge in [0, 0.05) is 19.0 Å². The molecule has 2 unspecified atom stereocenters. The molecule has 0 radical (unpaired) electrons. The molecule has 0 spiro atoms. The van der Waals surface area contributed by atoms with E-state index in [4.69, 9.17) is 5.73 Å². The third-order valence-electron chi connectivity index (χ3n) is 3.22. The zero-order valence-electron chi connectivity index (χ0n) is 9.81. The highest BCUT2D eigenvalue weighted by atomic mass is 16.2. The maximum Gasteiger partial charge on any atom is 0.224 e. The highest BCUT2D eigenvalue weighted by Crippen LogP contribution is 2.25. The molecule has 3 heteroatoms. The minimum absolute atomic E-state index is 0.000369. The smallest absolute Gasteiger partial charge is 0.224 e. The summed E-state index contributed by atoms with van der Waals surface area (Å²) in [4.78, 5) is 13.6. The van der Waals surface area contributed by atoms with Crippen LogP contribution in [0, 0.1) is 6.92 Å². The van der Waals surface area contributed by atoms with Crippen LogP contribution in [-0.4, -0.2) is 23.4 Å². The van der Waals surface area contributed by atoms with Crippen molar-refractivity contribution in [1.29, 1.82) is 0 Å². The van der Waals surface area contributed by atoms with Gasteiger partial charge in [0.05, 0.1) is 6.04 Å². The molecule has 86 valence electrons. The number of nitrogens with zero attached hydrogens (tertiary/aromatic N) is 1. The van der Waals surface area contributed by atoms with Crippen LogP contribution in [0.15, 0.2) is 24.3 Å². The number of benzene rings is 1. The Morgan fingerprint density at radius 1 is 1.38 bits per heavy atom. The Balaban J connectivity index is 2.16. The molecule has 0 saturated carbocycles. The van der Waals surface area contributed by atoms with Crippen molar-refractivity contribution in [2.24, 2.45) is 5.73 Å². The van der Waals surface area contributed by atoms with E-state index in [0.717, 1.165) is 0 Å². The largest absolute Gasteiger partial charge is 0.334 e. The molecule has 16 heavy (non-hydrogen) atoms. The Hall–Kier alpha value is -1.35. The number of aryl methyl sites for hydroxylation is 1. The van der Waals surface area contributed by atoms with Gasteiger partial charge in [0.15, 0.2) is 0 Å². The van der Waals surface area contributed by atoms with Gasteiger partial charge in [0.2, 0.25) is 5.91 Å². The lowest BCUT2D eigenvalue weighted by molar-refractivity contribution is -0.129. The van der Waals surface area contributed by atoms with Crippen LogP contribution in [0.5, 0.6) is 0 Å². The summed E-state index contributed by atoms with van der Waals surface area (Å²) >= 11 is 0. The second kappa shape index (κ2) is 4.26. The SMILES string of the molecule is Cc1ccc(C(C)N2CC(N)CC2=O)cc1. The molecule has 0 aliphatic carbocycles. The normalized spacial score (nSPS) is 22.6. The molecular formula is C13H18N2O. The minimum Gasteiger partial charge on any atom is -0.334 e. The summed E-state index contributed by atoms with van der Waals surface area (Å²) in [5, 5.41) is 0. The van der Waals surface area contributed by atoms with Crippen LogP contribution in [0.2, 0.25) is 0 Å². The molecule has 1 aliphatic rings. The van der Waals surface area contributed by atoms with Crippen molar-refractivity contribution in [3.05, 3.63) is 35.4 Å². The fourth-order valence-corrected chi connectivity index (χ4v) is 2.16. The lowest BCUT2D eigenvalue weighted by Gasteiger charge is -2.25. The summed E-state index contributed by atoms with van der Waals surface area (Å²) in [6.45, 7) is 4.79. The first-order valence-corrected chi connectivity index (χ1v) is 5.69. The van der Waals surface area contributed by atoms with Crippen LogP contribution >= 0.6 is 0 Å². The number of nitrogens with two attached hydrogens (primary N) is 1. The fraction of sp³-hybridized carbons (Fsp3) is 0.462. The standard InChI is InChI=1S/C13H18N2O/c1-9-3-5-11(6-4-9)10(2)15-8-12(14)7-13(15)16/h3-6,10,12H,7-8,14H2,1-2H3. The summed E-state index contributed by atoms with van der Waals surface area (Å²) in [6, 6.07) is 8.44. The Morgan fingerprint density at radius 3 is 2.50 bits per heavy atom. The van der Waals surface area contributed by atoms with Gasteiger partial charge in [-0.3, -0.25) is 4.79 Å². The number of rotatable bonds is 2. The highest BCUT2D eigenvalue weighted by molar-refractivity contribution is 5.79. The van der Waals surface area contributed by atoms with Crippen molar-refractivity contribution in [3.8, 4) is 0 Å². The Morgan fingerprint density at radius 2 is 2.00 bits per heavy atom. The van der Waals surface area contributed by atoms with Gasteiger partial charge >= 0.3 is 0 Å². The van der Waals surface area contributed by atoms with Gasteiger partial charge in [-0.1, -0.05) is 29.8 Å². The van der Waals surface area contributed by atoms with Crippen LogP contribution < -0.4 is 5.73 Å². The molecule has 0 bridgehead atoms. The van der Waals surface area contributed by atoms with Gasteiger partial charge in [-0.25, -0.2) is 0 Å². The van der Waals surface area contributed by atoms with E-state index in [2.05, 4.69) is 38.1 Å². The van der Waals surface area contributed by atoms with Gasteiger partial charge in [-0.2, -0.15) is 0 Å². The molecular weight excluding hydrogens is 200 g/mol. The lowest BCUT2D eigenvalue weighted by Crippen LogP contribution is -2.30. The minimum atomic E-state index is 0.000369. The molecule has 2 rings (SSSR count). The zero-order valence-corrected chi connectivity index (χ0v) is 9.81. The summed E-state index contributed by atoms with van der Waals surface area (Å²) in [7, 11) is 0. The molecule has 1 aromatic rings. The van der Waals surface area contributed by atoms with E-state index in [1.165, 1.54) is 11.1 Å². The summed E-state index contributed by atoms with van der Waals surface area (Å²) < 4.78 is 0. The first-order chi connectivity index (χ1) is 7.58. The summed E-state index contributed by atoms with van der Waals surface area (Å²) in [5.41, 5.74) is 8.20. The molecule has 2 N–H and O–H groups in total. The zero-order chi connectivity index (χ0) is 11.7. The molecule has 1 amide bonds. The maximum absolute atomic E-state index is 11.7. The second-order valence-corrected chi connectivity index (χ2v) is 4.60. The molecule has 1 aromatic carbocycles. The van der Waals surface area contributed by atoms with Crippen molar-refractivity contribution >= 4 is 5.91 Å². The average molecular weight is 218 g/mol. The Kier molecular flexibility index (Phi) is 2.97. The van der Waals surface area contributed by atoms with Gasteiger partial charge in [0.25, 0.3) is 0 Å². The Bertz CT molecular complexity index is 385. The molecule has 1 aliphatic heterocycles. The van der Waals surface area contributed by atoms with Gasteiger partial charge in [-0.05, 0) is 19.4 Å². The number of amides is 1. The van der Waals surface area contributed by atoms with Crippen molar-refractivity contribution in [1.82, 2.24) is 4.90 Å². The van der Waals surface area contributed by atoms with Crippen molar-refractivity contribution in [2.75, 3.05) is 6.54 Å². The predicted octanol–water partition coefficient (Wildman–Crippen LogP) is 1.62. The van der Waals surface area contributed by atoms with Gasteiger partial charge < -0.3 is 10.6 Å². The molecule has 0 aromatic heterocycles. The van der Waals surface area contributed by atoms with E-state index in [0.29, 0.717) is 13.0 Å².